The fourth-order valence-electron chi connectivity index (χ4n) is 2.87. The minimum atomic E-state index is 0.124. The summed E-state index contributed by atoms with van der Waals surface area (Å²) in [4.78, 5) is 0.772. The number of aryl methyl sites for hydroxylation is 1. The van der Waals surface area contributed by atoms with Gasteiger partial charge in [0.15, 0.2) is 10.8 Å². The largest absolute Gasteiger partial charge is 0.486 e. The lowest BCUT2D eigenvalue weighted by Crippen LogP contribution is -2.10. The average molecular weight is 379 g/mol. The molecule has 0 aliphatic rings. The van der Waals surface area contributed by atoms with Crippen LogP contribution in [0.2, 0.25) is 0 Å². The van der Waals surface area contributed by atoms with Crippen LogP contribution in [0.5, 0.6) is 5.75 Å². The van der Waals surface area contributed by atoms with E-state index in [1.807, 2.05) is 31.2 Å². The van der Waals surface area contributed by atoms with E-state index in [4.69, 9.17) is 4.74 Å². The van der Waals surface area contributed by atoms with Crippen molar-refractivity contribution in [2.75, 3.05) is 0 Å². The van der Waals surface area contributed by atoms with E-state index in [0.29, 0.717) is 6.61 Å². The molecule has 2 aromatic heterocycles. The molecule has 4 rings (SSSR count). The van der Waals surface area contributed by atoms with Crippen LogP contribution in [0.25, 0.3) is 16.3 Å². The molecule has 0 aliphatic heterocycles. The van der Waals surface area contributed by atoms with Crippen LogP contribution in [0.4, 0.5) is 0 Å². The molecular weight excluding hydrogens is 356 g/mol. The molecule has 27 heavy (non-hydrogen) atoms. The second kappa shape index (κ2) is 6.78. The lowest BCUT2D eigenvalue weighted by Gasteiger charge is -2.18. The first-order valence-corrected chi connectivity index (χ1v) is 9.74. The van der Waals surface area contributed by atoms with E-state index in [1.165, 1.54) is 16.9 Å². The van der Waals surface area contributed by atoms with Crippen LogP contribution in [0.15, 0.2) is 48.5 Å². The van der Waals surface area contributed by atoms with E-state index >= 15 is 0 Å². The molecule has 0 saturated heterocycles. The average Bonchev–Trinajstić information content (AvgIpc) is 3.20. The van der Waals surface area contributed by atoms with Crippen molar-refractivity contribution in [3.63, 3.8) is 0 Å². The molecule has 2 heterocycles. The van der Waals surface area contributed by atoms with Crippen molar-refractivity contribution in [1.29, 1.82) is 0 Å². The van der Waals surface area contributed by atoms with Gasteiger partial charge in [0.2, 0.25) is 4.96 Å². The van der Waals surface area contributed by atoms with Crippen LogP contribution in [0, 0.1) is 6.92 Å². The number of benzene rings is 2. The Labute approximate surface area is 162 Å². The van der Waals surface area contributed by atoms with Crippen LogP contribution < -0.4 is 4.74 Å². The zero-order valence-electron chi connectivity index (χ0n) is 15.9. The maximum atomic E-state index is 5.91. The summed E-state index contributed by atoms with van der Waals surface area (Å²) in [5.41, 5.74) is 3.53. The van der Waals surface area contributed by atoms with E-state index < -0.39 is 0 Å². The van der Waals surface area contributed by atoms with Gasteiger partial charge in [0.1, 0.15) is 12.4 Å². The predicted molar refractivity (Wildman–Crippen MR) is 108 cm³/mol. The lowest BCUT2D eigenvalue weighted by atomic mass is 9.87. The molecule has 0 radical (unpaired) electrons. The van der Waals surface area contributed by atoms with Crippen molar-refractivity contribution in [2.24, 2.45) is 0 Å². The minimum Gasteiger partial charge on any atom is -0.486 e. The molecular formula is C21H22N4OS. The van der Waals surface area contributed by atoms with Crippen molar-refractivity contribution >= 4 is 16.3 Å². The molecule has 5 nitrogen and oxygen atoms in total. The van der Waals surface area contributed by atoms with E-state index in [1.54, 1.807) is 4.52 Å². The smallest absolute Gasteiger partial charge is 0.235 e. The van der Waals surface area contributed by atoms with Crippen LogP contribution in [0.3, 0.4) is 0 Å². The SMILES string of the molecule is Cc1ccccc1OCc1nn2c(-c3ccc(C(C)(C)C)cc3)nnc2s1. The maximum absolute atomic E-state index is 5.91. The second-order valence-electron chi connectivity index (χ2n) is 7.60. The molecule has 0 saturated carbocycles. The summed E-state index contributed by atoms with van der Waals surface area (Å²) in [6, 6.07) is 16.4. The maximum Gasteiger partial charge on any atom is 0.235 e. The third kappa shape index (κ3) is 3.57. The monoisotopic (exact) mass is 378 g/mol. The molecule has 2 aromatic carbocycles. The van der Waals surface area contributed by atoms with Crippen molar-refractivity contribution in [3.8, 4) is 17.1 Å². The van der Waals surface area contributed by atoms with Gasteiger partial charge in [-0.15, -0.1) is 10.2 Å². The molecule has 138 valence electrons. The van der Waals surface area contributed by atoms with E-state index in [-0.39, 0.29) is 5.41 Å². The Morgan fingerprint density at radius 2 is 1.74 bits per heavy atom. The Balaban J connectivity index is 1.58. The van der Waals surface area contributed by atoms with Gasteiger partial charge in [-0.05, 0) is 29.5 Å². The fourth-order valence-corrected chi connectivity index (χ4v) is 3.62. The fraction of sp³-hybridized carbons (Fsp3) is 0.286. The molecule has 0 N–H and O–H groups in total. The standard InChI is InChI=1S/C21H22N4OS/c1-14-7-5-6-8-17(14)26-13-18-24-25-19(22-23-20(25)27-18)15-9-11-16(12-10-15)21(2,3)4/h5-12H,13H2,1-4H3. The highest BCUT2D eigenvalue weighted by atomic mass is 32.1. The van der Waals surface area contributed by atoms with Crippen LogP contribution >= 0.6 is 11.3 Å². The summed E-state index contributed by atoms with van der Waals surface area (Å²) in [6.07, 6.45) is 0. The molecule has 0 bridgehead atoms. The lowest BCUT2D eigenvalue weighted by molar-refractivity contribution is 0.302. The van der Waals surface area contributed by atoms with Gasteiger partial charge in [-0.25, -0.2) is 0 Å². The predicted octanol–water partition coefficient (Wildman–Crippen LogP) is 5.04. The normalized spacial score (nSPS) is 11.9. The number of rotatable bonds is 4. The van der Waals surface area contributed by atoms with Crippen LogP contribution in [-0.4, -0.2) is 19.8 Å². The third-order valence-corrected chi connectivity index (χ3v) is 5.36. The van der Waals surface area contributed by atoms with E-state index in [2.05, 4.69) is 60.3 Å². The van der Waals surface area contributed by atoms with Gasteiger partial charge in [0, 0.05) is 5.56 Å². The number of ether oxygens (including phenoxy) is 1. The van der Waals surface area contributed by atoms with Crippen molar-refractivity contribution in [1.82, 2.24) is 19.8 Å². The first kappa shape index (κ1) is 17.7. The zero-order chi connectivity index (χ0) is 19.0. The summed E-state index contributed by atoms with van der Waals surface area (Å²) < 4.78 is 7.71. The van der Waals surface area contributed by atoms with E-state index in [9.17, 15) is 0 Å². The van der Waals surface area contributed by atoms with Gasteiger partial charge in [-0.1, -0.05) is 74.6 Å². The summed E-state index contributed by atoms with van der Waals surface area (Å²) >= 11 is 1.50. The van der Waals surface area contributed by atoms with Gasteiger partial charge < -0.3 is 4.74 Å². The Hall–Kier alpha value is -2.73. The number of nitrogens with zero attached hydrogens (tertiary/aromatic N) is 4. The number of hydrogen-bond donors (Lipinski definition) is 0. The third-order valence-electron chi connectivity index (χ3n) is 4.49. The number of aromatic nitrogens is 4. The molecule has 0 aliphatic carbocycles. The summed E-state index contributed by atoms with van der Waals surface area (Å²) in [6.45, 7) is 9.07. The van der Waals surface area contributed by atoms with Gasteiger partial charge in [0.05, 0.1) is 0 Å². The zero-order valence-corrected chi connectivity index (χ0v) is 16.7. The van der Waals surface area contributed by atoms with Crippen LogP contribution in [-0.2, 0) is 12.0 Å². The van der Waals surface area contributed by atoms with Crippen molar-refractivity contribution in [3.05, 3.63) is 64.7 Å². The minimum absolute atomic E-state index is 0.124. The topological polar surface area (TPSA) is 52.3 Å². The van der Waals surface area contributed by atoms with Crippen LogP contribution in [0.1, 0.15) is 36.9 Å². The molecule has 0 fully saturated rings. The number of para-hydroxylation sites is 1. The first-order valence-electron chi connectivity index (χ1n) is 8.92. The van der Waals surface area contributed by atoms with Gasteiger partial charge in [-0.2, -0.15) is 9.61 Å². The molecule has 4 aromatic rings. The van der Waals surface area contributed by atoms with Gasteiger partial charge in [-0.3, -0.25) is 0 Å². The second-order valence-corrected chi connectivity index (χ2v) is 8.64. The van der Waals surface area contributed by atoms with Gasteiger partial charge in [0.25, 0.3) is 0 Å². The summed E-state index contributed by atoms with van der Waals surface area (Å²) in [5.74, 6) is 1.63. The highest BCUT2D eigenvalue weighted by Gasteiger charge is 2.16. The Morgan fingerprint density at radius 1 is 1.00 bits per heavy atom. The van der Waals surface area contributed by atoms with E-state index in [0.717, 1.165) is 32.7 Å². The molecule has 6 heteroatoms. The summed E-state index contributed by atoms with van der Waals surface area (Å²) in [7, 11) is 0. The Kier molecular flexibility index (Phi) is 4.44. The quantitative estimate of drug-likeness (QED) is 0.499. The van der Waals surface area contributed by atoms with Crippen molar-refractivity contribution < 1.29 is 4.74 Å². The summed E-state index contributed by atoms with van der Waals surface area (Å²) in [5, 5.41) is 14.1. The number of fused-ring (bicyclic) bond motifs is 1. The van der Waals surface area contributed by atoms with Gasteiger partial charge >= 0.3 is 0 Å². The molecule has 0 amide bonds. The first-order chi connectivity index (χ1) is 12.9. The Morgan fingerprint density at radius 3 is 2.44 bits per heavy atom. The molecule has 0 unspecified atom stereocenters. The molecule has 0 spiro atoms. The number of hydrogen-bond acceptors (Lipinski definition) is 5. The highest BCUT2D eigenvalue weighted by Crippen LogP contribution is 2.27. The highest BCUT2D eigenvalue weighted by molar-refractivity contribution is 7.16. The Bertz CT molecular complexity index is 1070. The van der Waals surface area contributed by atoms with Crippen molar-refractivity contribution in [2.45, 2.75) is 39.7 Å². The molecule has 0 atom stereocenters.